The number of aromatic nitrogens is 8. The lowest BCUT2D eigenvalue weighted by atomic mass is 9.91. The van der Waals surface area contributed by atoms with Crippen LogP contribution in [0.2, 0.25) is 5.02 Å². The molecule has 1 unspecified atom stereocenters. The van der Waals surface area contributed by atoms with Crippen LogP contribution in [0.5, 0.6) is 11.5 Å². The molecule has 12 nitrogen and oxygen atoms in total. The topological polar surface area (TPSA) is 118 Å². The van der Waals surface area contributed by atoms with Gasteiger partial charge in [0.2, 0.25) is 5.95 Å². The predicted octanol–water partition coefficient (Wildman–Crippen LogP) is 7.12. The maximum Gasteiger partial charge on any atom is 0.210 e. The van der Waals surface area contributed by atoms with E-state index in [1.165, 1.54) is 0 Å². The van der Waals surface area contributed by atoms with Crippen molar-refractivity contribution < 1.29 is 14.2 Å². The molecule has 2 atom stereocenters. The third-order valence-electron chi connectivity index (χ3n) is 8.99. The van der Waals surface area contributed by atoms with E-state index in [1.54, 1.807) is 18.6 Å². The Bertz CT molecular complexity index is 2100. The van der Waals surface area contributed by atoms with Gasteiger partial charge in [0.1, 0.15) is 22.5 Å². The maximum atomic E-state index is 6.94. The summed E-state index contributed by atoms with van der Waals surface area (Å²) in [6.07, 6.45) is 9.98. The second kappa shape index (κ2) is 12.2. The van der Waals surface area contributed by atoms with Gasteiger partial charge >= 0.3 is 0 Å². The van der Waals surface area contributed by atoms with Gasteiger partial charge in [0.05, 0.1) is 44.0 Å². The third-order valence-corrected chi connectivity index (χ3v) is 9.35. The zero-order chi connectivity index (χ0) is 33.0. The molecule has 6 heterocycles. The van der Waals surface area contributed by atoms with E-state index in [4.69, 9.17) is 35.9 Å². The Morgan fingerprint density at radius 1 is 1.04 bits per heavy atom. The zero-order valence-corrected chi connectivity index (χ0v) is 28.2. The number of anilines is 2. The molecule has 2 aliphatic rings. The Morgan fingerprint density at radius 2 is 1.88 bits per heavy atom. The van der Waals surface area contributed by atoms with Crippen molar-refractivity contribution >= 4 is 40.2 Å². The Balaban J connectivity index is 1.03. The molecule has 2 fully saturated rings. The minimum atomic E-state index is -0.164. The lowest BCUT2D eigenvalue weighted by Gasteiger charge is -2.26. The first-order chi connectivity index (χ1) is 23.2. The monoisotopic (exact) mass is 667 g/mol. The molecule has 6 aromatic rings. The fourth-order valence-corrected chi connectivity index (χ4v) is 6.63. The van der Waals surface area contributed by atoms with Crippen molar-refractivity contribution in [1.29, 1.82) is 0 Å². The summed E-state index contributed by atoms with van der Waals surface area (Å²) < 4.78 is 24.4. The Kier molecular flexibility index (Phi) is 7.81. The van der Waals surface area contributed by atoms with Crippen LogP contribution in [0, 0.1) is 0 Å². The molecule has 5 aromatic heterocycles. The SMILES string of the molecule is Cn1c(Nc2cc(C(C)(C)C)n([C@H]3CCOC3COCc3ccccc3)n2)nc2ncc(Oc3cnc4cnc(C5CC5)n4c3)c(Cl)c21. The average molecular weight is 668 g/mol. The zero-order valence-electron chi connectivity index (χ0n) is 27.4. The van der Waals surface area contributed by atoms with Gasteiger partial charge in [0.25, 0.3) is 0 Å². The van der Waals surface area contributed by atoms with Gasteiger partial charge in [-0.25, -0.2) is 15.0 Å². The van der Waals surface area contributed by atoms with Crippen molar-refractivity contribution in [2.45, 2.75) is 70.1 Å². The highest BCUT2D eigenvalue weighted by atomic mass is 35.5. The first kappa shape index (κ1) is 30.8. The van der Waals surface area contributed by atoms with Crippen molar-refractivity contribution in [1.82, 2.24) is 38.7 Å². The van der Waals surface area contributed by atoms with Crippen molar-refractivity contribution in [2.24, 2.45) is 7.05 Å². The molecule has 1 saturated heterocycles. The van der Waals surface area contributed by atoms with E-state index in [0.717, 1.165) is 42.0 Å². The summed E-state index contributed by atoms with van der Waals surface area (Å²) in [6, 6.07) is 12.3. The number of hydrogen-bond donors (Lipinski definition) is 1. The van der Waals surface area contributed by atoms with Gasteiger partial charge in [-0.15, -0.1) is 0 Å². The van der Waals surface area contributed by atoms with Crippen LogP contribution in [0.4, 0.5) is 11.8 Å². The van der Waals surface area contributed by atoms with Crippen LogP contribution in [-0.2, 0) is 28.5 Å². The summed E-state index contributed by atoms with van der Waals surface area (Å²) in [7, 11) is 1.89. The van der Waals surface area contributed by atoms with E-state index in [1.807, 2.05) is 40.4 Å². The molecule has 0 amide bonds. The third kappa shape index (κ3) is 5.88. The standard InChI is InChI=1S/C35H38ClN9O3/c1-35(2,3)27-14-28(42-45(27)24-12-13-47-26(24)20-46-19-21-8-6-5-7-9-21)40-34-41-32-31(43(34)4)30(36)25(16-38-32)48-23-15-37-29-17-39-33(22-10-11-22)44(29)18-23/h5-9,14-18,22,24,26H,10-13,19-20H2,1-4H3,(H,38,40,41,42)/t24-,26?/m0/s1. The van der Waals surface area contributed by atoms with E-state index >= 15 is 0 Å². The number of hydrogen-bond acceptors (Lipinski definition) is 9. The number of pyridine rings is 1. The van der Waals surface area contributed by atoms with Gasteiger partial charge in [-0.2, -0.15) is 10.1 Å². The van der Waals surface area contributed by atoms with Crippen LogP contribution in [0.25, 0.3) is 16.8 Å². The first-order valence-corrected chi connectivity index (χ1v) is 16.7. The molecule has 0 bridgehead atoms. The van der Waals surface area contributed by atoms with Gasteiger partial charge in [-0.1, -0.05) is 62.7 Å². The second-order valence-corrected chi connectivity index (χ2v) is 14.0. The van der Waals surface area contributed by atoms with E-state index < -0.39 is 0 Å². The Hall–Kier alpha value is -4.52. The van der Waals surface area contributed by atoms with Crippen molar-refractivity contribution in [2.75, 3.05) is 18.5 Å². The molecule has 8 rings (SSSR count). The lowest BCUT2D eigenvalue weighted by Crippen LogP contribution is -2.30. The van der Waals surface area contributed by atoms with Gasteiger partial charge in [0.15, 0.2) is 28.6 Å². The maximum absolute atomic E-state index is 6.94. The summed E-state index contributed by atoms with van der Waals surface area (Å²) in [5.74, 6) is 3.68. The number of fused-ring (bicyclic) bond motifs is 2. The minimum absolute atomic E-state index is 0.0400. The molecule has 1 aromatic carbocycles. The highest BCUT2D eigenvalue weighted by molar-refractivity contribution is 6.36. The number of benzene rings is 1. The van der Waals surface area contributed by atoms with Gasteiger partial charge in [0, 0.05) is 36.7 Å². The predicted molar refractivity (Wildman–Crippen MR) is 182 cm³/mol. The highest BCUT2D eigenvalue weighted by Gasteiger charge is 2.35. The Labute approximate surface area is 283 Å². The normalized spacial score (nSPS) is 18.3. The molecule has 0 radical (unpaired) electrons. The van der Waals surface area contributed by atoms with Crippen molar-refractivity contribution in [3.05, 3.63) is 83.3 Å². The molecule has 1 aliphatic heterocycles. The molecule has 248 valence electrons. The quantitative estimate of drug-likeness (QED) is 0.163. The fraction of sp³-hybridized carbons (Fsp3) is 0.400. The highest BCUT2D eigenvalue weighted by Crippen LogP contribution is 2.40. The van der Waals surface area contributed by atoms with Crippen LogP contribution in [0.15, 0.2) is 61.2 Å². The van der Waals surface area contributed by atoms with E-state index in [-0.39, 0.29) is 17.6 Å². The first-order valence-electron chi connectivity index (χ1n) is 16.3. The molecule has 13 heteroatoms. The van der Waals surface area contributed by atoms with Crippen LogP contribution >= 0.6 is 11.6 Å². The van der Waals surface area contributed by atoms with Gasteiger partial charge in [-0.3, -0.25) is 9.08 Å². The van der Waals surface area contributed by atoms with Crippen LogP contribution in [0.1, 0.15) is 69.1 Å². The largest absolute Gasteiger partial charge is 0.451 e. The molecule has 1 aliphatic carbocycles. The summed E-state index contributed by atoms with van der Waals surface area (Å²) in [6.45, 7) is 8.25. The van der Waals surface area contributed by atoms with E-state index in [0.29, 0.717) is 65.2 Å². The smallest absolute Gasteiger partial charge is 0.210 e. The summed E-state index contributed by atoms with van der Waals surface area (Å²) in [5.41, 5.74) is 3.99. The van der Waals surface area contributed by atoms with Crippen LogP contribution in [0.3, 0.4) is 0 Å². The number of imidazole rings is 2. The van der Waals surface area contributed by atoms with Crippen molar-refractivity contribution in [3.8, 4) is 11.5 Å². The minimum Gasteiger partial charge on any atom is -0.451 e. The number of nitrogens with one attached hydrogen (secondary N) is 1. The number of ether oxygens (including phenoxy) is 3. The summed E-state index contributed by atoms with van der Waals surface area (Å²) >= 11 is 6.94. The summed E-state index contributed by atoms with van der Waals surface area (Å²) in [4.78, 5) is 18.4. The lowest BCUT2D eigenvalue weighted by molar-refractivity contribution is -0.00444. The van der Waals surface area contributed by atoms with Gasteiger partial charge in [-0.05, 0) is 24.8 Å². The average Bonchev–Trinajstić information content (AvgIpc) is 3.37. The second-order valence-electron chi connectivity index (χ2n) is 13.6. The molecule has 48 heavy (non-hydrogen) atoms. The fourth-order valence-electron chi connectivity index (χ4n) is 6.33. The number of aryl methyl sites for hydroxylation is 1. The molecular weight excluding hydrogens is 630 g/mol. The molecular formula is C35H38ClN9O3. The van der Waals surface area contributed by atoms with Crippen molar-refractivity contribution in [3.63, 3.8) is 0 Å². The van der Waals surface area contributed by atoms with Crippen LogP contribution in [-0.4, -0.2) is 58.0 Å². The van der Waals surface area contributed by atoms with Crippen LogP contribution < -0.4 is 10.1 Å². The van der Waals surface area contributed by atoms with Gasteiger partial charge < -0.3 is 24.1 Å². The number of halogens is 1. The molecule has 1 N–H and O–H groups in total. The number of rotatable bonds is 10. The molecule has 1 saturated carbocycles. The Morgan fingerprint density at radius 3 is 2.67 bits per heavy atom. The summed E-state index contributed by atoms with van der Waals surface area (Å²) in [5, 5.41) is 8.87. The van der Waals surface area contributed by atoms with E-state index in [9.17, 15) is 0 Å². The number of nitrogens with zero attached hydrogens (tertiary/aromatic N) is 8. The molecule has 0 spiro atoms. The van der Waals surface area contributed by atoms with E-state index in [2.05, 4.69) is 63.9 Å².